The van der Waals surface area contributed by atoms with Gasteiger partial charge in [-0.25, -0.2) is 4.98 Å². The molecular formula is C17H20N2O2. The van der Waals surface area contributed by atoms with E-state index in [9.17, 15) is 4.79 Å². The zero-order chi connectivity index (χ0) is 15.2. The molecule has 0 saturated heterocycles. The second-order valence-corrected chi connectivity index (χ2v) is 5.28. The molecule has 0 aliphatic rings. The molecule has 2 rings (SSSR count). The van der Waals surface area contributed by atoms with Gasteiger partial charge in [0.1, 0.15) is 23.7 Å². The Kier molecular flexibility index (Phi) is 5.06. The molecule has 0 fully saturated rings. The monoisotopic (exact) mass is 284 g/mol. The molecule has 0 radical (unpaired) electrons. The van der Waals surface area contributed by atoms with Crippen molar-refractivity contribution >= 4 is 6.29 Å². The van der Waals surface area contributed by atoms with E-state index in [1.807, 2.05) is 44.2 Å². The number of rotatable bonds is 6. The van der Waals surface area contributed by atoms with Gasteiger partial charge in [0, 0.05) is 0 Å². The highest BCUT2D eigenvalue weighted by atomic mass is 16.5. The van der Waals surface area contributed by atoms with Gasteiger partial charge in [-0.2, -0.15) is 0 Å². The number of benzene rings is 1. The molecule has 1 aromatic heterocycles. The third kappa shape index (κ3) is 3.89. The second-order valence-electron chi connectivity index (χ2n) is 5.28. The van der Waals surface area contributed by atoms with Crippen molar-refractivity contribution in [2.45, 2.75) is 26.5 Å². The Bertz CT molecular complexity index is 597. The van der Waals surface area contributed by atoms with E-state index in [0.29, 0.717) is 23.7 Å². The summed E-state index contributed by atoms with van der Waals surface area (Å²) in [5, 5.41) is 0. The lowest BCUT2D eigenvalue weighted by molar-refractivity contribution is 0.111. The van der Waals surface area contributed by atoms with Crippen molar-refractivity contribution in [3.05, 3.63) is 59.4 Å². The normalized spacial score (nSPS) is 12.2. The van der Waals surface area contributed by atoms with Gasteiger partial charge < -0.3 is 10.5 Å². The van der Waals surface area contributed by atoms with Gasteiger partial charge in [-0.1, -0.05) is 44.2 Å². The van der Waals surface area contributed by atoms with E-state index in [2.05, 4.69) is 4.98 Å². The molecular weight excluding hydrogens is 264 g/mol. The highest BCUT2D eigenvalue weighted by Gasteiger charge is 2.18. The van der Waals surface area contributed by atoms with E-state index in [-0.39, 0.29) is 12.0 Å². The minimum absolute atomic E-state index is 0.207. The van der Waals surface area contributed by atoms with E-state index in [1.165, 1.54) is 0 Å². The maximum absolute atomic E-state index is 10.9. The van der Waals surface area contributed by atoms with Crippen LogP contribution in [0, 0.1) is 5.92 Å². The van der Waals surface area contributed by atoms with E-state index >= 15 is 0 Å². The summed E-state index contributed by atoms with van der Waals surface area (Å²) in [5.74, 6) is 0.837. The molecule has 1 heterocycles. The molecule has 2 N–H and O–H groups in total. The predicted molar refractivity (Wildman–Crippen MR) is 82.2 cm³/mol. The number of hydrogen-bond acceptors (Lipinski definition) is 4. The number of carbonyl (C=O) groups is 1. The van der Waals surface area contributed by atoms with Crippen LogP contribution in [0.3, 0.4) is 0 Å². The fourth-order valence-corrected chi connectivity index (χ4v) is 1.96. The Morgan fingerprint density at radius 1 is 1.19 bits per heavy atom. The Balaban J connectivity index is 2.23. The Labute approximate surface area is 125 Å². The summed E-state index contributed by atoms with van der Waals surface area (Å²) < 4.78 is 5.84. The van der Waals surface area contributed by atoms with Crippen LogP contribution in [0.25, 0.3) is 0 Å². The fraction of sp³-hybridized carbons (Fsp3) is 0.294. The molecule has 0 amide bonds. The highest BCUT2D eigenvalue weighted by molar-refractivity contribution is 5.72. The number of hydrogen-bond donors (Lipinski definition) is 1. The van der Waals surface area contributed by atoms with Crippen molar-refractivity contribution in [1.29, 1.82) is 0 Å². The summed E-state index contributed by atoms with van der Waals surface area (Å²) in [6.45, 7) is 4.47. The number of ether oxygens (including phenoxy) is 1. The van der Waals surface area contributed by atoms with Crippen LogP contribution in [-0.2, 0) is 6.61 Å². The second kappa shape index (κ2) is 6.99. The summed E-state index contributed by atoms with van der Waals surface area (Å²) >= 11 is 0. The molecule has 0 bridgehead atoms. The molecule has 0 aliphatic heterocycles. The zero-order valence-corrected chi connectivity index (χ0v) is 12.3. The van der Waals surface area contributed by atoms with Crippen molar-refractivity contribution in [2.24, 2.45) is 11.7 Å². The standard InChI is InChI=1S/C17H20N2O2/c1-12(2)16(18)17-15(9-8-14(10-20)19-17)21-11-13-6-4-3-5-7-13/h3-10,12,16H,11,18H2,1-2H3/t16-/m0/s1. The lowest BCUT2D eigenvalue weighted by Gasteiger charge is -2.19. The third-order valence-electron chi connectivity index (χ3n) is 3.30. The highest BCUT2D eigenvalue weighted by Crippen LogP contribution is 2.27. The lowest BCUT2D eigenvalue weighted by Crippen LogP contribution is -2.20. The van der Waals surface area contributed by atoms with Gasteiger partial charge >= 0.3 is 0 Å². The first-order valence-electron chi connectivity index (χ1n) is 7.00. The Morgan fingerprint density at radius 3 is 2.52 bits per heavy atom. The molecule has 1 aromatic carbocycles. The van der Waals surface area contributed by atoms with Gasteiger partial charge in [0.25, 0.3) is 0 Å². The molecule has 4 heteroatoms. The first-order valence-corrected chi connectivity index (χ1v) is 7.00. The minimum atomic E-state index is -0.268. The molecule has 0 aliphatic carbocycles. The van der Waals surface area contributed by atoms with Crippen molar-refractivity contribution < 1.29 is 9.53 Å². The number of aromatic nitrogens is 1. The third-order valence-corrected chi connectivity index (χ3v) is 3.30. The minimum Gasteiger partial charge on any atom is -0.487 e. The topological polar surface area (TPSA) is 65.2 Å². The molecule has 4 nitrogen and oxygen atoms in total. The van der Waals surface area contributed by atoms with Gasteiger partial charge in [-0.05, 0) is 23.6 Å². The summed E-state index contributed by atoms with van der Waals surface area (Å²) in [7, 11) is 0. The lowest BCUT2D eigenvalue weighted by atomic mass is 10.0. The van der Waals surface area contributed by atoms with Crippen LogP contribution in [0.5, 0.6) is 5.75 Å². The first kappa shape index (κ1) is 15.2. The van der Waals surface area contributed by atoms with E-state index in [1.54, 1.807) is 12.1 Å². The molecule has 0 spiro atoms. The molecule has 2 aromatic rings. The van der Waals surface area contributed by atoms with Crippen molar-refractivity contribution in [2.75, 3.05) is 0 Å². The number of nitrogens with two attached hydrogens (primary N) is 1. The van der Waals surface area contributed by atoms with Crippen LogP contribution < -0.4 is 10.5 Å². The quantitative estimate of drug-likeness (QED) is 0.828. The SMILES string of the molecule is CC(C)[C@H](N)c1nc(C=O)ccc1OCc1ccccc1. The van der Waals surface area contributed by atoms with Crippen molar-refractivity contribution in [3.8, 4) is 5.75 Å². The Morgan fingerprint density at radius 2 is 1.90 bits per heavy atom. The van der Waals surface area contributed by atoms with E-state index in [4.69, 9.17) is 10.5 Å². The van der Waals surface area contributed by atoms with Gasteiger partial charge in [0.05, 0.1) is 6.04 Å². The largest absolute Gasteiger partial charge is 0.487 e. The van der Waals surface area contributed by atoms with Crippen LogP contribution in [0.1, 0.15) is 41.6 Å². The molecule has 110 valence electrons. The summed E-state index contributed by atoms with van der Waals surface area (Å²) in [6, 6.07) is 13.0. The summed E-state index contributed by atoms with van der Waals surface area (Å²) in [5.41, 5.74) is 8.24. The number of pyridine rings is 1. The average Bonchev–Trinajstić information content (AvgIpc) is 2.53. The van der Waals surface area contributed by atoms with Crippen molar-refractivity contribution in [3.63, 3.8) is 0 Å². The van der Waals surface area contributed by atoms with Gasteiger partial charge in [-0.3, -0.25) is 4.79 Å². The van der Waals surface area contributed by atoms with Gasteiger partial charge in [-0.15, -0.1) is 0 Å². The van der Waals surface area contributed by atoms with Crippen LogP contribution in [0.15, 0.2) is 42.5 Å². The Hall–Kier alpha value is -2.20. The number of carbonyl (C=O) groups excluding carboxylic acids is 1. The summed E-state index contributed by atoms with van der Waals surface area (Å²) in [4.78, 5) is 15.2. The van der Waals surface area contributed by atoms with Gasteiger partial charge in [0.15, 0.2) is 6.29 Å². The zero-order valence-electron chi connectivity index (χ0n) is 12.3. The molecule has 0 unspecified atom stereocenters. The smallest absolute Gasteiger partial charge is 0.168 e. The molecule has 0 saturated carbocycles. The van der Waals surface area contributed by atoms with Crippen molar-refractivity contribution in [1.82, 2.24) is 4.98 Å². The van der Waals surface area contributed by atoms with Crippen LogP contribution in [0.2, 0.25) is 0 Å². The van der Waals surface area contributed by atoms with E-state index in [0.717, 1.165) is 11.8 Å². The number of aldehydes is 1. The van der Waals surface area contributed by atoms with Crippen LogP contribution >= 0.6 is 0 Å². The van der Waals surface area contributed by atoms with Crippen LogP contribution in [-0.4, -0.2) is 11.3 Å². The average molecular weight is 284 g/mol. The van der Waals surface area contributed by atoms with Crippen LogP contribution in [0.4, 0.5) is 0 Å². The first-order chi connectivity index (χ1) is 10.1. The predicted octanol–water partition coefficient (Wildman–Crippen LogP) is 3.13. The molecule has 21 heavy (non-hydrogen) atoms. The van der Waals surface area contributed by atoms with Gasteiger partial charge in [0.2, 0.25) is 0 Å². The fourth-order valence-electron chi connectivity index (χ4n) is 1.96. The maximum atomic E-state index is 10.9. The number of nitrogens with zero attached hydrogens (tertiary/aromatic N) is 1. The summed E-state index contributed by atoms with van der Waals surface area (Å²) in [6.07, 6.45) is 0.720. The molecule has 1 atom stereocenters. The van der Waals surface area contributed by atoms with E-state index < -0.39 is 0 Å². The maximum Gasteiger partial charge on any atom is 0.168 e.